The third-order valence-corrected chi connectivity index (χ3v) is 6.92. The molecule has 172 valence electrons. The van der Waals surface area contributed by atoms with E-state index in [0.717, 1.165) is 34.8 Å². The molecule has 5 rings (SSSR count). The Labute approximate surface area is 205 Å². The third kappa shape index (κ3) is 3.78. The Hall–Kier alpha value is -3.51. The van der Waals surface area contributed by atoms with Crippen LogP contribution in [-0.4, -0.2) is 14.7 Å². The molecule has 2 unspecified atom stereocenters. The third-order valence-electron chi connectivity index (χ3n) is 6.60. The molecular weight excluding hydrogens is 443 g/mol. The number of nitrogens with one attached hydrogen (secondary N) is 1. The number of halogens is 1. The lowest BCUT2D eigenvalue weighted by Gasteiger charge is -2.28. The Bertz CT molecular complexity index is 1330. The second-order valence-electron chi connectivity index (χ2n) is 8.63. The molecule has 1 aliphatic rings. The van der Waals surface area contributed by atoms with Gasteiger partial charge in [0.25, 0.3) is 0 Å². The topological polar surface area (TPSA) is 33.1 Å². The molecule has 0 spiro atoms. The lowest BCUT2D eigenvalue weighted by Crippen LogP contribution is -2.30. The first kappa shape index (κ1) is 22.3. The van der Waals surface area contributed by atoms with Crippen LogP contribution >= 0.6 is 12.2 Å². The van der Waals surface area contributed by atoms with Crippen molar-refractivity contribution in [3.8, 4) is 5.69 Å². The van der Waals surface area contributed by atoms with Gasteiger partial charge in [0.1, 0.15) is 5.82 Å². The number of hydrogen-bond acceptors (Lipinski definition) is 2. The van der Waals surface area contributed by atoms with E-state index in [9.17, 15) is 0 Å². The minimum absolute atomic E-state index is 0.218. The Morgan fingerprint density at radius 1 is 1.00 bits per heavy atom. The average Bonchev–Trinajstić information content (AvgIpc) is 3.35. The fourth-order valence-corrected chi connectivity index (χ4v) is 5.28. The van der Waals surface area contributed by atoms with Gasteiger partial charge in [0.15, 0.2) is 5.11 Å². The Kier molecular flexibility index (Phi) is 5.92. The second kappa shape index (κ2) is 9.03. The smallest absolute Gasteiger partial charge is 0.174 e. The van der Waals surface area contributed by atoms with Gasteiger partial charge in [-0.1, -0.05) is 37.3 Å². The van der Waals surface area contributed by atoms with Gasteiger partial charge in [0.05, 0.1) is 23.5 Å². The number of aromatic nitrogens is 2. The van der Waals surface area contributed by atoms with Crippen LogP contribution in [0.5, 0.6) is 0 Å². The van der Waals surface area contributed by atoms with Gasteiger partial charge in [0, 0.05) is 23.3 Å². The molecule has 0 aliphatic carbocycles. The zero-order chi connectivity index (χ0) is 23.8. The van der Waals surface area contributed by atoms with Crippen LogP contribution in [0, 0.1) is 19.7 Å². The largest absolute Gasteiger partial charge is 0.351 e. The summed E-state index contributed by atoms with van der Waals surface area (Å²) < 4.78 is 17.3. The number of anilines is 1. The van der Waals surface area contributed by atoms with E-state index in [0.29, 0.717) is 10.8 Å². The van der Waals surface area contributed by atoms with Crippen LogP contribution in [0.3, 0.4) is 0 Å². The van der Waals surface area contributed by atoms with E-state index in [-0.39, 0.29) is 17.9 Å². The molecule has 0 saturated carbocycles. The molecule has 1 fully saturated rings. The lowest BCUT2D eigenvalue weighted by molar-refractivity contribution is 0.556. The van der Waals surface area contributed by atoms with E-state index in [1.807, 2.05) is 29.2 Å². The summed E-state index contributed by atoms with van der Waals surface area (Å²) in [5.41, 5.74) is 7.04. The number of thiocarbonyl (C=S) groups is 1. The molecule has 1 saturated heterocycles. The average molecular weight is 471 g/mol. The Morgan fingerprint density at radius 3 is 2.41 bits per heavy atom. The molecule has 34 heavy (non-hydrogen) atoms. The monoisotopic (exact) mass is 470 g/mol. The van der Waals surface area contributed by atoms with Crippen LogP contribution in [0.1, 0.15) is 47.2 Å². The molecule has 2 aromatic heterocycles. The van der Waals surface area contributed by atoms with Crippen molar-refractivity contribution in [2.45, 2.75) is 39.3 Å². The van der Waals surface area contributed by atoms with Gasteiger partial charge < -0.3 is 14.8 Å². The number of rotatable bonds is 5. The zero-order valence-electron chi connectivity index (χ0n) is 19.5. The number of benzene rings is 2. The van der Waals surface area contributed by atoms with Crippen molar-refractivity contribution in [3.63, 3.8) is 0 Å². The van der Waals surface area contributed by atoms with Crippen LogP contribution in [-0.2, 0) is 6.42 Å². The molecule has 6 heteroatoms. The summed E-state index contributed by atoms with van der Waals surface area (Å²) >= 11 is 5.75. The van der Waals surface area contributed by atoms with Crippen molar-refractivity contribution in [2.75, 3.05) is 4.90 Å². The highest BCUT2D eigenvalue weighted by atomic mass is 32.1. The first-order valence-electron chi connectivity index (χ1n) is 11.5. The quantitative estimate of drug-likeness (QED) is 0.344. The van der Waals surface area contributed by atoms with Crippen LogP contribution < -0.4 is 10.2 Å². The van der Waals surface area contributed by atoms with Crippen LogP contribution in [0.25, 0.3) is 5.69 Å². The van der Waals surface area contributed by atoms with Crippen molar-refractivity contribution in [1.29, 1.82) is 0 Å². The van der Waals surface area contributed by atoms with E-state index < -0.39 is 0 Å². The highest BCUT2D eigenvalue weighted by Gasteiger charge is 2.43. The Balaban J connectivity index is 1.67. The molecule has 2 aromatic carbocycles. The first-order valence-corrected chi connectivity index (χ1v) is 11.9. The number of para-hydroxylation sites is 1. The molecule has 1 aliphatic heterocycles. The normalized spacial score (nSPS) is 17.8. The SMILES string of the molecule is CCc1ccc(-n2c(C)cc(C3C(c4ccccn4)NC(=S)N3c3ccccc3F)c2C)cc1. The summed E-state index contributed by atoms with van der Waals surface area (Å²) in [5.74, 6) is -0.303. The van der Waals surface area contributed by atoms with E-state index in [4.69, 9.17) is 12.2 Å². The first-order chi connectivity index (χ1) is 16.5. The summed E-state index contributed by atoms with van der Waals surface area (Å²) in [7, 11) is 0. The van der Waals surface area contributed by atoms with Crippen molar-refractivity contribution >= 4 is 23.0 Å². The summed E-state index contributed by atoms with van der Waals surface area (Å²) in [6.45, 7) is 6.38. The van der Waals surface area contributed by atoms with Crippen LogP contribution in [0.2, 0.25) is 0 Å². The molecule has 1 N–H and O–H groups in total. The lowest BCUT2D eigenvalue weighted by atomic mass is 9.96. The minimum Gasteiger partial charge on any atom is -0.351 e. The molecule has 0 radical (unpaired) electrons. The van der Waals surface area contributed by atoms with E-state index in [1.165, 1.54) is 11.6 Å². The maximum absolute atomic E-state index is 15.0. The van der Waals surface area contributed by atoms with Gasteiger partial charge in [-0.2, -0.15) is 0 Å². The molecular formula is C28H27FN4S. The van der Waals surface area contributed by atoms with Crippen molar-refractivity contribution in [3.05, 3.63) is 113 Å². The van der Waals surface area contributed by atoms with Crippen LogP contribution in [0.4, 0.5) is 10.1 Å². The van der Waals surface area contributed by atoms with E-state index >= 15 is 4.39 Å². The molecule has 0 amide bonds. The van der Waals surface area contributed by atoms with Gasteiger partial charge in [-0.3, -0.25) is 4.98 Å². The molecule has 4 nitrogen and oxygen atoms in total. The number of nitrogens with zero attached hydrogens (tertiary/aromatic N) is 3. The zero-order valence-corrected chi connectivity index (χ0v) is 20.3. The Morgan fingerprint density at radius 2 is 1.74 bits per heavy atom. The van der Waals surface area contributed by atoms with E-state index in [2.05, 4.69) is 66.0 Å². The minimum atomic E-state index is -0.303. The standard InChI is InChI=1S/C28H27FN4S/c1-4-20-12-14-21(15-13-20)32-18(2)17-22(19(32)3)27-26(24-10-7-8-16-30-24)31-28(34)33(27)25-11-6-5-9-23(25)29/h5-17,26-27H,4H2,1-3H3,(H,31,34). The summed E-state index contributed by atoms with van der Waals surface area (Å²) in [5, 5.41) is 3.91. The highest BCUT2D eigenvalue weighted by Crippen LogP contribution is 2.44. The van der Waals surface area contributed by atoms with Crippen molar-refractivity contribution in [2.24, 2.45) is 0 Å². The molecule has 2 atom stereocenters. The highest BCUT2D eigenvalue weighted by molar-refractivity contribution is 7.80. The van der Waals surface area contributed by atoms with Gasteiger partial charge in [0.2, 0.25) is 0 Å². The fourth-order valence-electron chi connectivity index (χ4n) is 4.94. The molecule has 4 aromatic rings. The van der Waals surface area contributed by atoms with Gasteiger partial charge in [-0.15, -0.1) is 0 Å². The summed E-state index contributed by atoms with van der Waals surface area (Å²) in [4.78, 5) is 6.51. The summed E-state index contributed by atoms with van der Waals surface area (Å²) in [6.07, 6.45) is 2.78. The van der Waals surface area contributed by atoms with Gasteiger partial charge >= 0.3 is 0 Å². The molecule has 3 heterocycles. The predicted molar refractivity (Wildman–Crippen MR) is 139 cm³/mol. The van der Waals surface area contributed by atoms with E-state index in [1.54, 1.807) is 18.3 Å². The predicted octanol–water partition coefficient (Wildman–Crippen LogP) is 6.37. The maximum atomic E-state index is 15.0. The number of aryl methyl sites for hydroxylation is 2. The maximum Gasteiger partial charge on any atom is 0.174 e. The van der Waals surface area contributed by atoms with Gasteiger partial charge in [-0.25, -0.2) is 4.39 Å². The number of hydrogen-bond donors (Lipinski definition) is 1. The number of pyridine rings is 1. The second-order valence-corrected chi connectivity index (χ2v) is 9.02. The van der Waals surface area contributed by atoms with Gasteiger partial charge in [-0.05, 0) is 86.1 Å². The van der Waals surface area contributed by atoms with Crippen LogP contribution in [0.15, 0.2) is 79.0 Å². The summed E-state index contributed by atoms with van der Waals surface area (Å²) in [6, 6.07) is 23.0. The van der Waals surface area contributed by atoms with Crippen molar-refractivity contribution in [1.82, 2.24) is 14.9 Å². The fraction of sp³-hybridized carbons (Fsp3) is 0.214. The molecule has 0 bridgehead atoms. The van der Waals surface area contributed by atoms with Crippen molar-refractivity contribution < 1.29 is 4.39 Å².